The second-order valence-electron chi connectivity index (χ2n) is 3.45. The Labute approximate surface area is 103 Å². The molecular weight excluding hydrogens is 249 g/mol. The van der Waals surface area contributed by atoms with Crippen LogP contribution in [0.4, 0.5) is 0 Å². The van der Waals surface area contributed by atoms with Crippen molar-refractivity contribution in [1.29, 1.82) is 0 Å². The molecule has 16 heavy (non-hydrogen) atoms. The maximum Gasteiger partial charge on any atom is 0.308 e. The van der Waals surface area contributed by atoms with Crippen LogP contribution in [0.1, 0.15) is 6.92 Å². The maximum atomic E-state index is 11.0. The molecule has 5 heteroatoms. The molecule has 0 fully saturated rings. The van der Waals surface area contributed by atoms with Crippen LogP contribution < -0.4 is 4.74 Å². The zero-order chi connectivity index (χ0) is 11.9. The van der Waals surface area contributed by atoms with Gasteiger partial charge in [0.15, 0.2) is 5.75 Å². The molecule has 1 heterocycles. The van der Waals surface area contributed by atoms with Gasteiger partial charge in [0.1, 0.15) is 0 Å². The van der Waals surface area contributed by atoms with Crippen molar-refractivity contribution in [2.24, 2.45) is 7.05 Å². The van der Waals surface area contributed by atoms with Crippen LogP contribution >= 0.6 is 23.2 Å². The van der Waals surface area contributed by atoms with Crippen LogP contribution in [-0.2, 0) is 11.8 Å². The molecule has 0 saturated carbocycles. The van der Waals surface area contributed by atoms with Crippen LogP contribution in [0.3, 0.4) is 0 Å². The van der Waals surface area contributed by atoms with E-state index in [1.807, 2.05) is 17.7 Å². The Hall–Kier alpha value is -1.19. The monoisotopic (exact) mass is 257 g/mol. The van der Waals surface area contributed by atoms with Gasteiger partial charge in [0, 0.05) is 20.2 Å². The fourth-order valence-corrected chi connectivity index (χ4v) is 2.02. The number of ether oxygens (including phenoxy) is 1. The largest absolute Gasteiger partial charge is 0.424 e. The first-order valence-electron chi connectivity index (χ1n) is 4.62. The molecule has 84 valence electrons. The van der Waals surface area contributed by atoms with Gasteiger partial charge in [-0.2, -0.15) is 0 Å². The second kappa shape index (κ2) is 4.00. The summed E-state index contributed by atoms with van der Waals surface area (Å²) < 4.78 is 6.91. The summed E-state index contributed by atoms with van der Waals surface area (Å²) in [4.78, 5) is 11.0. The zero-order valence-corrected chi connectivity index (χ0v) is 10.3. The Kier molecular flexibility index (Phi) is 2.82. The number of carbonyl (C=O) groups excluding carboxylic acids is 1. The topological polar surface area (TPSA) is 31.2 Å². The van der Waals surface area contributed by atoms with Gasteiger partial charge in [0.25, 0.3) is 0 Å². The Balaban J connectivity index is 2.75. The van der Waals surface area contributed by atoms with Gasteiger partial charge in [-0.3, -0.25) is 4.79 Å². The molecule has 0 N–H and O–H groups in total. The first-order chi connectivity index (χ1) is 7.50. The third-order valence-electron chi connectivity index (χ3n) is 2.26. The van der Waals surface area contributed by atoms with Crippen molar-refractivity contribution in [1.82, 2.24) is 4.57 Å². The molecule has 0 atom stereocenters. The van der Waals surface area contributed by atoms with E-state index in [9.17, 15) is 4.79 Å². The van der Waals surface area contributed by atoms with Crippen LogP contribution in [0, 0.1) is 0 Å². The minimum Gasteiger partial charge on any atom is -0.424 e. The molecule has 1 aromatic carbocycles. The highest BCUT2D eigenvalue weighted by molar-refractivity contribution is 6.45. The SMILES string of the molecule is CC(=O)Oc1cn(C)c2ccc(Cl)c(Cl)c12. The molecule has 0 aliphatic carbocycles. The van der Waals surface area contributed by atoms with E-state index in [0.29, 0.717) is 21.2 Å². The smallest absolute Gasteiger partial charge is 0.308 e. The number of aromatic nitrogens is 1. The summed E-state index contributed by atoms with van der Waals surface area (Å²) in [5, 5.41) is 1.50. The third-order valence-corrected chi connectivity index (χ3v) is 3.07. The Morgan fingerprint density at radius 3 is 2.69 bits per heavy atom. The Morgan fingerprint density at radius 2 is 2.06 bits per heavy atom. The van der Waals surface area contributed by atoms with E-state index in [0.717, 1.165) is 5.52 Å². The van der Waals surface area contributed by atoms with Crippen LogP contribution in [0.2, 0.25) is 10.0 Å². The molecule has 3 nitrogen and oxygen atoms in total. The first kappa shape index (κ1) is 11.3. The number of aryl methyl sites for hydroxylation is 1. The average molecular weight is 258 g/mol. The lowest BCUT2D eigenvalue weighted by Crippen LogP contribution is -2.00. The quantitative estimate of drug-likeness (QED) is 0.734. The van der Waals surface area contributed by atoms with Crippen molar-refractivity contribution in [3.05, 3.63) is 28.4 Å². The Bertz CT molecular complexity index is 575. The average Bonchev–Trinajstić information content (AvgIpc) is 2.49. The van der Waals surface area contributed by atoms with Crippen molar-refractivity contribution in [3.63, 3.8) is 0 Å². The van der Waals surface area contributed by atoms with E-state index < -0.39 is 0 Å². The van der Waals surface area contributed by atoms with Crippen molar-refractivity contribution < 1.29 is 9.53 Å². The molecule has 0 spiro atoms. The van der Waals surface area contributed by atoms with Gasteiger partial charge in [-0.1, -0.05) is 23.2 Å². The zero-order valence-electron chi connectivity index (χ0n) is 8.75. The Morgan fingerprint density at radius 1 is 1.38 bits per heavy atom. The predicted octanol–water partition coefficient (Wildman–Crippen LogP) is 3.41. The maximum absolute atomic E-state index is 11.0. The van der Waals surface area contributed by atoms with Crippen molar-refractivity contribution in [2.45, 2.75) is 6.92 Å². The van der Waals surface area contributed by atoms with E-state index in [1.165, 1.54) is 6.92 Å². The van der Waals surface area contributed by atoms with Gasteiger partial charge in [0.05, 0.1) is 20.9 Å². The lowest BCUT2D eigenvalue weighted by atomic mass is 10.2. The highest BCUT2D eigenvalue weighted by Gasteiger charge is 2.14. The fraction of sp³-hybridized carbons (Fsp3) is 0.182. The second-order valence-corrected chi connectivity index (χ2v) is 4.24. The molecule has 0 radical (unpaired) electrons. The summed E-state index contributed by atoms with van der Waals surface area (Å²) in [7, 11) is 1.85. The molecule has 0 amide bonds. The number of hydrogen-bond donors (Lipinski definition) is 0. The van der Waals surface area contributed by atoms with Gasteiger partial charge in [0.2, 0.25) is 0 Å². The van der Waals surface area contributed by atoms with E-state index in [-0.39, 0.29) is 5.97 Å². The molecule has 0 saturated heterocycles. The van der Waals surface area contributed by atoms with E-state index >= 15 is 0 Å². The number of fused-ring (bicyclic) bond motifs is 1. The van der Waals surface area contributed by atoms with Crippen molar-refractivity contribution in [2.75, 3.05) is 0 Å². The van der Waals surface area contributed by atoms with Crippen LogP contribution in [0.15, 0.2) is 18.3 Å². The van der Waals surface area contributed by atoms with Crippen LogP contribution in [0.5, 0.6) is 5.75 Å². The highest BCUT2D eigenvalue weighted by atomic mass is 35.5. The van der Waals surface area contributed by atoms with E-state index in [2.05, 4.69) is 0 Å². The molecule has 0 aliphatic heterocycles. The van der Waals surface area contributed by atoms with Crippen LogP contribution in [-0.4, -0.2) is 10.5 Å². The number of hydrogen-bond acceptors (Lipinski definition) is 2. The molecular formula is C11H9Cl2NO2. The minimum atomic E-state index is -0.386. The number of carbonyl (C=O) groups is 1. The molecule has 1 aromatic heterocycles. The number of benzene rings is 1. The van der Waals surface area contributed by atoms with Gasteiger partial charge in [-0.15, -0.1) is 0 Å². The number of nitrogens with zero attached hydrogens (tertiary/aromatic N) is 1. The molecule has 0 unspecified atom stereocenters. The fourth-order valence-electron chi connectivity index (χ4n) is 1.61. The lowest BCUT2D eigenvalue weighted by Gasteiger charge is -2.01. The summed E-state index contributed by atoms with van der Waals surface area (Å²) in [5.74, 6) is 0.0426. The predicted molar refractivity (Wildman–Crippen MR) is 64.2 cm³/mol. The third kappa shape index (κ3) is 1.77. The van der Waals surface area contributed by atoms with E-state index in [4.69, 9.17) is 27.9 Å². The minimum absolute atomic E-state index is 0.386. The molecule has 0 bridgehead atoms. The van der Waals surface area contributed by atoms with Crippen molar-refractivity contribution >= 4 is 40.1 Å². The first-order valence-corrected chi connectivity index (χ1v) is 5.37. The van der Waals surface area contributed by atoms with Crippen molar-refractivity contribution in [3.8, 4) is 5.75 Å². The summed E-state index contributed by atoms with van der Waals surface area (Å²) in [5.41, 5.74) is 0.866. The van der Waals surface area contributed by atoms with Gasteiger partial charge >= 0.3 is 5.97 Å². The van der Waals surface area contributed by atoms with Gasteiger partial charge < -0.3 is 9.30 Å². The number of halogens is 2. The standard InChI is InChI=1S/C11H9Cl2NO2/c1-6(15)16-9-5-14(2)8-4-3-7(12)11(13)10(8)9/h3-5H,1-2H3. The summed E-state index contributed by atoms with van der Waals surface area (Å²) >= 11 is 12.0. The normalized spacial score (nSPS) is 10.8. The summed E-state index contributed by atoms with van der Waals surface area (Å²) in [6.45, 7) is 1.34. The molecule has 2 aromatic rings. The lowest BCUT2D eigenvalue weighted by molar-refractivity contribution is -0.131. The van der Waals surface area contributed by atoms with Crippen LogP contribution in [0.25, 0.3) is 10.9 Å². The number of esters is 1. The van der Waals surface area contributed by atoms with E-state index in [1.54, 1.807) is 12.3 Å². The van der Waals surface area contributed by atoms with Gasteiger partial charge in [-0.25, -0.2) is 0 Å². The van der Waals surface area contributed by atoms with Gasteiger partial charge in [-0.05, 0) is 12.1 Å². The number of rotatable bonds is 1. The molecule has 0 aliphatic rings. The summed E-state index contributed by atoms with van der Waals surface area (Å²) in [6, 6.07) is 3.54. The molecule has 2 rings (SSSR count). The summed E-state index contributed by atoms with van der Waals surface area (Å²) in [6.07, 6.45) is 1.70. The highest BCUT2D eigenvalue weighted by Crippen LogP contribution is 2.37.